The minimum absolute atomic E-state index is 0.114. The molecule has 200 valence electrons. The Kier molecular flexibility index (Phi) is 9.85. The van der Waals surface area contributed by atoms with Crippen molar-refractivity contribution < 1.29 is 14.3 Å². The van der Waals surface area contributed by atoms with Crippen LogP contribution in [0, 0.1) is 5.92 Å². The second kappa shape index (κ2) is 12.9. The number of benzene rings is 1. The van der Waals surface area contributed by atoms with Crippen LogP contribution in [0.15, 0.2) is 17.0 Å². The Morgan fingerprint density at radius 2 is 1.94 bits per heavy atom. The lowest BCUT2D eigenvalue weighted by Gasteiger charge is -2.35. The number of allylic oxidation sites excluding steroid dienone is 1. The Morgan fingerprint density at radius 3 is 2.72 bits per heavy atom. The Balaban J connectivity index is 1.48. The van der Waals surface area contributed by atoms with Crippen molar-refractivity contribution in [1.29, 1.82) is 0 Å². The topological polar surface area (TPSA) is 38.8 Å². The number of ether oxygens (including phenoxy) is 2. The molecule has 4 rings (SSSR count). The van der Waals surface area contributed by atoms with Crippen LogP contribution in [0.2, 0.25) is 0 Å². The van der Waals surface area contributed by atoms with Crippen LogP contribution in [0.3, 0.4) is 0 Å². The number of hydrogen-bond acceptors (Lipinski definition) is 5. The number of carbonyl (C=O) groups is 1. The van der Waals surface area contributed by atoms with Crippen LogP contribution in [-0.2, 0) is 11.2 Å². The van der Waals surface area contributed by atoms with E-state index in [-0.39, 0.29) is 11.6 Å². The smallest absolute Gasteiger partial charge is 0.311 e. The van der Waals surface area contributed by atoms with E-state index in [0.717, 1.165) is 55.0 Å². The molecule has 36 heavy (non-hydrogen) atoms. The van der Waals surface area contributed by atoms with Gasteiger partial charge in [0.2, 0.25) is 0 Å². The zero-order chi connectivity index (χ0) is 25.5. The van der Waals surface area contributed by atoms with Gasteiger partial charge >= 0.3 is 5.97 Å². The van der Waals surface area contributed by atoms with E-state index in [1.54, 1.807) is 0 Å². The maximum absolute atomic E-state index is 13.0. The Hall–Kier alpha value is -1.46. The molecule has 1 saturated heterocycles. The molecule has 4 nitrogen and oxygen atoms in total. The fourth-order valence-electron chi connectivity index (χ4n) is 5.90. The number of hydrogen-bond donors (Lipinski definition) is 0. The summed E-state index contributed by atoms with van der Waals surface area (Å²) in [6, 6.07) is 4.35. The Labute approximate surface area is 223 Å². The third kappa shape index (κ3) is 7.10. The summed E-state index contributed by atoms with van der Waals surface area (Å²) in [6.07, 6.45) is 13.6. The van der Waals surface area contributed by atoms with Gasteiger partial charge in [0, 0.05) is 17.1 Å². The number of thioether (sulfide) groups is 1. The summed E-state index contributed by atoms with van der Waals surface area (Å²) < 4.78 is 12.7. The molecular formula is C31H47NO3S. The molecule has 5 heteroatoms. The van der Waals surface area contributed by atoms with Crippen LogP contribution in [0.25, 0.3) is 5.57 Å². The molecule has 3 aliphatic heterocycles. The number of nitrogens with zero attached hydrogens (tertiary/aromatic N) is 1. The molecule has 0 amide bonds. The number of fused-ring (bicyclic) bond motifs is 2. The predicted molar refractivity (Wildman–Crippen MR) is 152 cm³/mol. The van der Waals surface area contributed by atoms with Crippen LogP contribution in [0.1, 0.15) is 109 Å². The van der Waals surface area contributed by atoms with Crippen molar-refractivity contribution in [2.45, 2.75) is 110 Å². The van der Waals surface area contributed by atoms with Crippen molar-refractivity contribution in [3.63, 3.8) is 0 Å². The molecule has 0 radical (unpaired) electrons. The summed E-state index contributed by atoms with van der Waals surface area (Å²) >= 11 is 1.89. The maximum Gasteiger partial charge on any atom is 0.311 e. The van der Waals surface area contributed by atoms with Gasteiger partial charge in [0.25, 0.3) is 0 Å². The first kappa shape index (κ1) is 27.6. The second-order valence-electron chi connectivity index (χ2n) is 11.6. The van der Waals surface area contributed by atoms with Crippen molar-refractivity contribution in [1.82, 2.24) is 4.90 Å². The van der Waals surface area contributed by atoms with E-state index in [4.69, 9.17) is 9.47 Å². The molecule has 1 atom stereocenters. The summed E-state index contributed by atoms with van der Waals surface area (Å²) in [5, 5.41) is 0. The highest BCUT2D eigenvalue weighted by atomic mass is 32.2. The summed E-state index contributed by atoms with van der Waals surface area (Å²) in [7, 11) is 0. The van der Waals surface area contributed by atoms with E-state index in [1.165, 1.54) is 74.1 Å². The molecule has 0 spiro atoms. The first-order valence-corrected chi connectivity index (χ1v) is 15.5. The van der Waals surface area contributed by atoms with Gasteiger partial charge in [0.15, 0.2) is 0 Å². The van der Waals surface area contributed by atoms with E-state index >= 15 is 0 Å². The van der Waals surface area contributed by atoms with Gasteiger partial charge in [0.05, 0.1) is 5.56 Å². The molecule has 0 saturated carbocycles. The fourth-order valence-corrected chi connectivity index (χ4v) is 7.18. The molecule has 1 aromatic carbocycles. The monoisotopic (exact) mass is 513 g/mol. The SMILES string of the molecule is CCCCCC(C)CCc1cc(OC(=O)CCCN2CCCCC2)c2c(c1)OC(C)(C)C1=C2CCS1. The fraction of sp³-hybridized carbons (Fsp3) is 0.710. The molecule has 1 aromatic rings. The molecular weight excluding hydrogens is 466 g/mol. The molecule has 3 heterocycles. The maximum atomic E-state index is 13.0. The lowest BCUT2D eigenvalue weighted by molar-refractivity contribution is -0.134. The van der Waals surface area contributed by atoms with E-state index in [2.05, 4.69) is 44.7 Å². The zero-order valence-electron chi connectivity index (χ0n) is 23.1. The molecule has 1 fully saturated rings. The summed E-state index contributed by atoms with van der Waals surface area (Å²) in [4.78, 5) is 16.8. The molecule has 0 aliphatic carbocycles. The average molecular weight is 514 g/mol. The molecule has 0 bridgehead atoms. The summed E-state index contributed by atoms with van der Waals surface area (Å²) in [5.74, 6) is 3.27. The Bertz CT molecular complexity index is 932. The average Bonchev–Trinajstić information content (AvgIpc) is 3.34. The highest BCUT2D eigenvalue weighted by Crippen LogP contribution is 2.54. The van der Waals surface area contributed by atoms with Gasteiger partial charge < -0.3 is 14.4 Å². The minimum atomic E-state index is -0.328. The van der Waals surface area contributed by atoms with E-state index in [9.17, 15) is 4.79 Å². The first-order chi connectivity index (χ1) is 17.4. The van der Waals surface area contributed by atoms with Gasteiger partial charge in [-0.25, -0.2) is 0 Å². The van der Waals surface area contributed by atoms with Crippen molar-refractivity contribution in [2.75, 3.05) is 25.4 Å². The lowest BCUT2D eigenvalue weighted by Crippen LogP contribution is -2.33. The van der Waals surface area contributed by atoms with Gasteiger partial charge in [-0.15, -0.1) is 11.8 Å². The summed E-state index contributed by atoms with van der Waals surface area (Å²) in [6.45, 7) is 12.3. The number of esters is 1. The summed E-state index contributed by atoms with van der Waals surface area (Å²) in [5.41, 5.74) is 3.24. The van der Waals surface area contributed by atoms with Crippen molar-refractivity contribution >= 4 is 23.3 Å². The quantitative estimate of drug-likeness (QED) is 0.161. The molecule has 3 aliphatic rings. The normalized spacial score (nSPS) is 20.0. The molecule has 1 unspecified atom stereocenters. The third-order valence-corrected chi connectivity index (χ3v) is 9.40. The van der Waals surface area contributed by atoms with Gasteiger partial charge in [0.1, 0.15) is 17.1 Å². The minimum Gasteiger partial charge on any atom is -0.482 e. The highest BCUT2D eigenvalue weighted by Gasteiger charge is 2.39. The van der Waals surface area contributed by atoms with Crippen molar-refractivity contribution in [3.05, 3.63) is 28.2 Å². The van der Waals surface area contributed by atoms with Crippen LogP contribution >= 0.6 is 11.8 Å². The van der Waals surface area contributed by atoms with E-state index < -0.39 is 0 Å². The number of rotatable bonds is 12. The highest BCUT2D eigenvalue weighted by molar-refractivity contribution is 8.03. The largest absolute Gasteiger partial charge is 0.482 e. The van der Waals surface area contributed by atoms with Crippen molar-refractivity contribution in [2.24, 2.45) is 5.92 Å². The lowest BCUT2D eigenvalue weighted by atomic mass is 9.90. The van der Waals surface area contributed by atoms with Crippen LogP contribution in [0.5, 0.6) is 11.5 Å². The zero-order valence-corrected chi connectivity index (χ0v) is 23.9. The molecule has 0 aromatic heterocycles. The number of aryl methyl sites for hydroxylation is 1. The third-order valence-electron chi connectivity index (χ3n) is 7.97. The van der Waals surface area contributed by atoms with Crippen LogP contribution in [0.4, 0.5) is 0 Å². The van der Waals surface area contributed by atoms with E-state index in [1.807, 2.05) is 11.8 Å². The Morgan fingerprint density at radius 1 is 1.14 bits per heavy atom. The second-order valence-corrected chi connectivity index (χ2v) is 12.7. The van der Waals surface area contributed by atoms with Crippen molar-refractivity contribution in [3.8, 4) is 11.5 Å². The van der Waals surface area contributed by atoms with Crippen LogP contribution in [-0.4, -0.2) is 41.9 Å². The number of carbonyl (C=O) groups excluding carboxylic acids is 1. The standard InChI is InChI=1S/C31H47NO3S/c1-5-6-8-12-23(2)14-15-24-21-26(34-28(33)13-11-19-32-17-9-7-10-18-32)29-25-16-20-36-30(25)31(3,4)35-27(29)22-24/h21-23H,5-20H2,1-4H3. The number of unbranched alkanes of at least 4 members (excludes halogenated alkanes) is 2. The van der Waals surface area contributed by atoms with Gasteiger partial charge in [-0.2, -0.15) is 0 Å². The van der Waals surface area contributed by atoms with Gasteiger partial charge in [-0.3, -0.25) is 4.79 Å². The number of likely N-dealkylation sites (tertiary alicyclic amines) is 1. The van der Waals surface area contributed by atoms with E-state index in [0.29, 0.717) is 12.3 Å². The van der Waals surface area contributed by atoms with Gasteiger partial charge in [-0.05, 0) is 101 Å². The predicted octanol–water partition coefficient (Wildman–Crippen LogP) is 8.03. The first-order valence-electron chi connectivity index (χ1n) is 14.5. The number of piperidine rings is 1. The van der Waals surface area contributed by atoms with Crippen LogP contribution < -0.4 is 9.47 Å². The molecule has 0 N–H and O–H groups in total. The van der Waals surface area contributed by atoms with Gasteiger partial charge in [-0.1, -0.05) is 46.0 Å².